The topological polar surface area (TPSA) is 46.5 Å². The smallest absolute Gasteiger partial charge is 0.349 e. The van der Waals surface area contributed by atoms with Gasteiger partial charge >= 0.3 is 5.97 Å². The van der Waals surface area contributed by atoms with Gasteiger partial charge in [0.25, 0.3) is 0 Å². The molecule has 1 unspecified atom stereocenters. The standard InChI is InChI=1S/C16H15BrO3/c1-10-8-11(2)14(13(17)9-10)20-15(16(18)19)12-6-4-3-5-7-12/h3-9,15H,1-2H3,(H,18,19). The molecule has 0 radical (unpaired) electrons. The molecule has 2 aromatic carbocycles. The molecule has 3 nitrogen and oxygen atoms in total. The number of hydrogen-bond acceptors (Lipinski definition) is 2. The lowest BCUT2D eigenvalue weighted by Gasteiger charge is -2.18. The quantitative estimate of drug-likeness (QED) is 0.908. The van der Waals surface area contributed by atoms with Gasteiger partial charge in [-0.3, -0.25) is 0 Å². The molecule has 0 saturated heterocycles. The highest BCUT2D eigenvalue weighted by atomic mass is 79.9. The Labute approximate surface area is 126 Å². The van der Waals surface area contributed by atoms with Crippen molar-refractivity contribution in [3.63, 3.8) is 0 Å². The van der Waals surface area contributed by atoms with Crippen molar-refractivity contribution in [2.45, 2.75) is 20.0 Å². The van der Waals surface area contributed by atoms with Crippen LogP contribution in [0.2, 0.25) is 0 Å². The summed E-state index contributed by atoms with van der Waals surface area (Å²) >= 11 is 3.43. The first-order chi connectivity index (χ1) is 9.49. The molecule has 0 amide bonds. The van der Waals surface area contributed by atoms with E-state index in [2.05, 4.69) is 15.9 Å². The number of aliphatic carboxylic acids is 1. The molecule has 0 aromatic heterocycles. The van der Waals surface area contributed by atoms with Gasteiger partial charge in [0, 0.05) is 5.56 Å². The van der Waals surface area contributed by atoms with Gasteiger partial charge in [0.1, 0.15) is 5.75 Å². The zero-order valence-corrected chi connectivity index (χ0v) is 12.8. The van der Waals surface area contributed by atoms with E-state index in [0.717, 1.165) is 15.6 Å². The van der Waals surface area contributed by atoms with Crippen molar-refractivity contribution in [2.24, 2.45) is 0 Å². The number of aryl methyl sites for hydroxylation is 2. The molecular weight excluding hydrogens is 320 g/mol. The van der Waals surface area contributed by atoms with Crippen molar-refractivity contribution < 1.29 is 14.6 Å². The third kappa shape index (κ3) is 3.20. The van der Waals surface area contributed by atoms with E-state index in [4.69, 9.17) is 4.74 Å². The van der Waals surface area contributed by atoms with Crippen LogP contribution in [0.1, 0.15) is 22.8 Å². The van der Waals surface area contributed by atoms with Gasteiger partial charge in [-0.05, 0) is 47.0 Å². The molecule has 2 aromatic rings. The average Bonchev–Trinajstić information content (AvgIpc) is 2.38. The SMILES string of the molecule is Cc1cc(C)c(OC(C(=O)O)c2ccccc2)c(Br)c1. The predicted octanol–water partition coefficient (Wildman–Crippen LogP) is 4.27. The van der Waals surface area contributed by atoms with E-state index in [1.54, 1.807) is 24.3 Å². The summed E-state index contributed by atoms with van der Waals surface area (Å²) in [5.41, 5.74) is 2.61. The van der Waals surface area contributed by atoms with Crippen LogP contribution < -0.4 is 4.74 Å². The summed E-state index contributed by atoms with van der Waals surface area (Å²) in [7, 11) is 0. The number of halogens is 1. The molecule has 20 heavy (non-hydrogen) atoms. The molecule has 0 aliphatic heterocycles. The van der Waals surface area contributed by atoms with Gasteiger partial charge in [0.15, 0.2) is 0 Å². The zero-order valence-electron chi connectivity index (χ0n) is 11.3. The van der Waals surface area contributed by atoms with Crippen LogP contribution in [-0.2, 0) is 4.79 Å². The molecule has 0 aliphatic carbocycles. The van der Waals surface area contributed by atoms with E-state index < -0.39 is 12.1 Å². The fourth-order valence-electron chi connectivity index (χ4n) is 2.06. The lowest BCUT2D eigenvalue weighted by atomic mass is 10.1. The van der Waals surface area contributed by atoms with Crippen LogP contribution in [-0.4, -0.2) is 11.1 Å². The highest BCUT2D eigenvalue weighted by Gasteiger charge is 2.23. The Morgan fingerprint density at radius 3 is 2.40 bits per heavy atom. The van der Waals surface area contributed by atoms with Crippen LogP contribution >= 0.6 is 15.9 Å². The Kier molecular flexibility index (Phi) is 4.45. The van der Waals surface area contributed by atoms with Gasteiger partial charge in [-0.25, -0.2) is 4.79 Å². The molecule has 0 bridgehead atoms. The summed E-state index contributed by atoms with van der Waals surface area (Å²) in [5, 5.41) is 9.38. The Morgan fingerprint density at radius 1 is 1.20 bits per heavy atom. The first kappa shape index (κ1) is 14.6. The average molecular weight is 335 g/mol. The minimum absolute atomic E-state index is 0.562. The van der Waals surface area contributed by atoms with Crippen molar-refractivity contribution in [3.05, 3.63) is 63.6 Å². The third-order valence-electron chi connectivity index (χ3n) is 2.94. The van der Waals surface area contributed by atoms with E-state index in [0.29, 0.717) is 11.3 Å². The molecule has 0 aliphatic rings. The molecule has 4 heteroatoms. The minimum atomic E-state index is -1.02. The van der Waals surface area contributed by atoms with E-state index in [9.17, 15) is 9.90 Å². The highest BCUT2D eigenvalue weighted by Crippen LogP contribution is 2.33. The van der Waals surface area contributed by atoms with Gasteiger partial charge in [-0.1, -0.05) is 36.4 Å². The Balaban J connectivity index is 2.38. The van der Waals surface area contributed by atoms with Crippen LogP contribution in [0.25, 0.3) is 0 Å². The number of carboxylic acid groups (broad SMARTS) is 1. The lowest BCUT2D eigenvalue weighted by Crippen LogP contribution is -2.18. The van der Waals surface area contributed by atoms with Gasteiger partial charge in [-0.2, -0.15) is 0 Å². The molecular formula is C16H15BrO3. The van der Waals surface area contributed by atoms with Crippen LogP contribution in [0.4, 0.5) is 0 Å². The number of hydrogen-bond donors (Lipinski definition) is 1. The Bertz CT molecular complexity index is 600. The first-order valence-electron chi connectivity index (χ1n) is 6.20. The van der Waals surface area contributed by atoms with E-state index >= 15 is 0 Å². The maximum atomic E-state index is 11.5. The molecule has 104 valence electrons. The zero-order chi connectivity index (χ0) is 14.7. The maximum absolute atomic E-state index is 11.5. The molecule has 0 spiro atoms. The van der Waals surface area contributed by atoms with E-state index in [1.165, 1.54) is 0 Å². The van der Waals surface area contributed by atoms with Crippen molar-refractivity contribution in [3.8, 4) is 5.75 Å². The molecule has 2 rings (SSSR count). The largest absolute Gasteiger partial charge is 0.478 e. The molecule has 1 N–H and O–H groups in total. The fraction of sp³-hybridized carbons (Fsp3) is 0.188. The van der Waals surface area contributed by atoms with Crippen molar-refractivity contribution in [2.75, 3.05) is 0 Å². The molecule has 0 fully saturated rings. The Hall–Kier alpha value is -1.81. The third-order valence-corrected chi connectivity index (χ3v) is 3.52. The summed E-state index contributed by atoms with van der Waals surface area (Å²) in [5.74, 6) is -0.449. The number of carbonyl (C=O) groups is 1. The summed E-state index contributed by atoms with van der Waals surface area (Å²) in [6, 6.07) is 12.8. The number of rotatable bonds is 4. The number of carboxylic acids is 1. The maximum Gasteiger partial charge on any atom is 0.349 e. The summed E-state index contributed by atoms with van der Waals surface area (Å²) in [6.45, 7) is 3.88. The predicted molar refractivity (Wildman–Crippen MR) is 81.1 cm³/mol. The van der Waals surface area contributed by atoms with Crippen LogP contribution in [0.15, 0.2) is 46.9 Å². The monoisotopic (exact) mass is 334 g/mol. The first-order valence-corrected chi connectivity index (χ1v) is 6.99. The van der Waals surface area contributed by atoms with Gasteiger partial charge in [-0.15, -0.1) is 0 Å². The second kappa shape index (κ2) is 6.09. The van der Waals surface area contributed by atoms with Crippen LogP contribution in [0.3, 0.4) is 0 Å². The van der Waals surface area contributed by atoms with E-state index in [-0.39, 0.29) is 0 Å². The van der Waals surface area contributed by atoms with Crippen LogP contribution in [0.5, 0.6) is 5.75 Å². The summed E-state index contributed by atoms with van der Waals surface area (Å²) in [6.07, 6.45) is -1.02. The van der Waals surface area contributed by atoms with Gasteiger partial charge < -0.3 is 9.84 Å². The molecule has 0 saturated carbocycles. The van der Waals surface area contributed by atoms with Crippen molar-refractivity contribution >= 4 is 21.9 Å². The van der Waals surface area contributed by atoms with Crippen LogP contribution in [0, 0.1) is 13.8 Å². The number of benzene rings is 2. The Morgan fingerprint density at radius 2 is 1.85 bits per heavy atom. The summed E-state index contributed by atoms with van der Waals surface area (Å²) < 4.78 is 6.49. The second-order valence-corrected chi connectivity index (χ2v) is 5.49. The number of ether oxygens (including phenoxy) is 1. The second-order valence-electron chi connectivity index (χ2n) is 4.64. The lowest BCUT2D eigenvalue weighted by molar-refractivity contribution is -0.145. The van der Waals surface area contributed by atoms with Gasteiger partial charge in [0.2, 0.25) is 6.10 Å². The highest BCUT2D eigenvalue weighted by molar-refractivity contribution is 9.10. The minimum Gasteiger partial charge on any atom is -0.478 e. The van der Waals surface area contributed by atoms with Gasteiger partial charge in [0.05, 0.1) is 4.47 Å². The normalized spacial score (nSPS) is 11.9. The summed E-state index contributed by atoms with van der Waals surface area (Å²) in [4.78, 5) is 11.5. The van der Waals surface area contributed by atoms with E-state index in [1.807, 2.05) is 32.0 Å². The molecule has 1 atom stereocenters. The molecule has 0 heterocycles. The fourth-order valence-corrected chi connectivity index (χ4v) is 2.83. The van der Waals surface area contributed by atoms with Crippen molar-refractivity contribution in [1.82, 2.24) is 0 Å². The van der Waals surface area contributed by atoms with Crippen molar-refractivity contribution in [1.29, 1.82) is 0 Å².